The number of aliphatic carboxylic acids is 1. The van der Waals surface area contributed by atoms with Crippen LogP contribution in [0.5, 0.6) is 5.75 Å². The molecular formula is C31H32ClF3N2O3. The number of anilines is 1. The number of ether oxygens (including phenoxy) is 1. The SMILES string of the molecule is C[C@@H](COc1ccncc1C(F)(F)F)C[C@H]1Cc2ccccc2C12CCC(Nc1cccc(Cl)c1)(C(=O)O)CC2. The fourth-order valence-corrected chi connectivity index (χ4v) is 6.91. The van der Waals surface area contributed by atoms with Crippen molar-refractivity contribution in [2.24, 2.45) is 11.8 Å². The van der Waals surface area contributed by atoms with Crippen molar-refractivity contribution in [2.45, 2.75) is 62.6 Å². The molecule has 2 atom stereocenters. The zero-order valence-corrected chi connectivity index (χ0v) is 22.9. The van der Waals surface area contributed by atoms with Gasteiger partial charge in [0.2, 0.25) is 0 Å². The lowest BCUT2D eigenvalue weighted by Crippen LogP contribution is -2.53. The number of aromatic nitrogens is 1. The van der Waals surface area contributed by atoms with Gasteiger partial charge in [-0.2, -0.15) is 13.2 Å². The van der Waals surface area contributed by atoms with E-state index in [2.05, 4.69) is 22.4 Å². The van der Waals surface area contributed by atoms with Gasteiger partial charge in [-0.15, -0.1) is 0 Å². The second-order valence-corrected chi connectivity index (χ2v) is 11.7. The molecule has 3 aromatic rings. The predicted molar refractivity (Wildman–Crippen MR) is 148 cm³/mol. The highest BCUT2D eigenvalue weighted by molar-refractivity contribution is 6.30. The third kappa shape index (κ3) is 5.51. The van der Waals surface area contributed by atoms with Crippen LogP contribution in [-0.4, -0.2) is 28.2 Å². The molecule has 1 aromatic heterocycles. The van der Waals surface area contributed by atoms with Crippen LogP contribution in [0.4, 0.5) is 18.9 Å². The van der Waals surface area contributed by atoms with Crippen molar-refractivity contribution in [1.29, 1.82) is 0 Å². The van der Waals surface area contributed by atoms with Crippen LogP contribution >= 0.6 is 11.6 Å². The molecule has 1 saturated carbocycles. The third-order valence-corrected chi connectivity index (χ3v) is 8.95. The summed E-state index contributed by atoms with van der Waals surface area (Å²) in [4.78, 5) is 16.2. The molecule has 1 heterocycles. The summed E-state index contributed by atoms with van der Waals surface area (Å²) in [5, 5.41) is 14.1. The van der Waals surface area contributed by atoms with E-state index in [1.807, 2.05) is 25.1 Å². The molecule has 40 heavy (non-hydrogen) atoms. The summed E-state index contributed by atoms with van der Waals surface area (Å²) in [6.07, 6.45) is 1.40. The lowest BCUT2D eigenvalue weighted by Gasteiger charge is -2.47. The summed E-state index contributed by atoms with van der Waals surface area (Å²) < 4.78 is 45.9. The Morgan fingerprint density at radius 2 is 1.90 bits per heavy atom. The molecule has 2 aliphatic rings. The standard InChI is InChI=1S/C31H32ClF3N2O3/c1-20(19-40-27-9-14-36-18-26(27)31(33,34)35)15-22-16-21-5-2-3-8-25(21)29(22)10-12-30(13-11-29,28(38)39)37-24-7-4-6-23(32)17-24/h2-9,14,17-18,20,22,37H,10-13,15-16,19H2,1H3,(H,38,39)/t20-,22+,29?,30?/m1/s1. The molecule has 2 N–H and O–H groups in total. The number of pyridine rings is 1. The zero-order chi connectivity index (χ0) is 28.5. The van der Waals surface area contributed by atoms with E-state index in [4.69, 9.17) is 16.3 Å². The molecule has 2 aliphatic carbocycles. The Morgan fingerprint density at radius 1 is 1.15 bits per heavy atom. The number of halogens is 4. The van der Waals surface area contributed by atoms with E-state index in [-0.39, 0.29) is 29.6 Å². The maximum absolute atomic E-state index is 13.4. The molecule has 0 aliphatic heterocycles. The molecule has 5 nitrogen and oxygen atoms in total. The smallest absolute Gasteiger partial charge is 0.421 e. The normalized spacial score (nSPS) is 24.9. The number of hydrogen-bond acceptors (Lipinski definition) is 4. The van der Waals surface area contributed by atoms with Gasteiger partial charge in [-0.1, -0.05) is 48.9 Å². The van der Waals surface area contributed by atoms with Crippen molar-refractivity contribution >= 4 is 23.3 Å². The lowest BCUT2D eigenvalue weighted by molar-refractivity contribution is -0.144. The number of carboxylic acids is 1. The van der Waals surface area contributed by atoms with Crippen LogP contribution in [0.15, 0.2) is 67.0 Å². The first-order valence-electron chi connectivity index (χ1n) is 13.5. The van der Waals surface area contributed by atoms with Gasteiger partial charge >= 0.3 is 12.1 Å². The Kier molecular flexibility index (Phi) is 7.75. The first kappa shape index (κ1) is 28.3. The summed E-state index contributed by atoms with van der Waals surface area (Å²) in [5.74, 6) is -0.887. The van der Waals surface area contributed by atoms with Gasteiger partial charge in [-0.25, -0.2) is 4.79 Å². The van der Waals surface area contributed by atoms with Crippen molar-refractivity contribution in [3.05, 3.63) is 88.7 Å². The molecule has 5 rings (SSSR count). The third-order valence-electron chi connectivity index (χ3n) is 8.71. The van der Waals surface area contributed by atoms with Gasteiger partial charge in [0, 0.05) is 23.1 Å². The van der Waals surface area contributed by atoms with Gasteiger partial charge in [0.05, 0.1) is 6.61 Å². The van der Waals surface area contributed by atoms with Gasteiger partial charge < -0.3 is 15.2 Å². The van der Waals surface area contributed by atoms with E-state index in [1.165, 1.54) is 23.4 Å². The van der Waals surface area contributed by atoms with Gasteiger partial charge in [0.25, 0.3) is 0 Å². The summed E-state index contributed by atoms with van der Waals surface area (Å²) in [6, 6.07) is 16.7. The van der Waals surface area contributed by atoms with Crippen molar-refractivity contribution in [3.8, 4) is 5.75 Å². The number of rotatable bonds is 8. The molecule has 9 heteroatoms. The molecule has 0 unspecified atom stereocenters. The van der Waals surface area contributed by atoms with Crippen LogP contribution in [0.1, 0.15) is 55.7 Å². The molecule has 0 amide bonds. The Hall–Kier alpha value is -3.26. The molecule has 212 valence electrons. The van der Waals surface area contributed by atoms with Crippen LogP contribution in [0.25, 0.3) is 0 Å². The average molecular weight is 573 g/mol. The molecule has 1 spiro atoms. The second-order valence-electron chi connectivity index (χ2n) is 11.3. The summed E-state index contributed by atoms with van der Waals surface area (Å²) in [6.45, 7) is 2.14. The van der Waals surface area contributed by atoms with Crippen molar-refractivity contribution in [3.63, 3.8) is 0 Å². The van der Waals surface area contributed by atoms with E-state index in [1.54, 1.807) is 18.2 Å². The van der Waals surface area contributed by atoms with Crippen LogP contribution < -0.4 is 10.1 Å². The minimum Gasteiger partial charge on any atom is -0.493 e. The largest absolute Gasteiger partial charge is 0.493 e. The molecule has 2 aromatic carbocycles. The summed E-state index contributed by atoms with van der Waals surface area (Å²) in [7, 11) is 0. The highest BCUT2D eigenvalue weighted by atomic mass is 35.5. The van der Waals surface area contributed by atoms with E-state index < -0.39 is 23.2 Å². The first-order valence-corrected chi connectivity index (χ1v) is 13.9. The van der Waals surface area contributed by atoms with Crippen LogP contribution in [-0.2, 0) is 22.8 Å². The maximum atomic E-state index is 13.4. The predicted octanol–water partition coefficient (Wildman–Crippen LogP) is 7.78. The molecule has 1 fully saturated rings. The lowest BCUT2D eigenvalue weighted by atomic mass is 9.59. The molecular weight excluding hydrogens is 541 g/mol. The number of carbonyl (C=O) groups is 1. The molecule has 0 bridgehead atoms. The van der Waals surface area contributed by atoms with Gasteiger partial charge in [-0.05, 0) is 91.2 Å². The number of carboxylic acid groups (broad SMARTS) is 1. The van der Waals surface area contributed by atoms with E-state index in [9.17, 15) is 23.1 Å². The summed E-state index contributed by atoms with van der Waals surface area (Å²) in [5.41, 5.74) is 1.02. The maximum Gasteiger partial charge on any atom is 0.421 e. The van der Waals surface area contributed by atoms with E-state index >= 15 is 0 Å². The van der Waals surface area contributed by atoms with Crippen molar-refractivity contribution < 1.29 is 27.8 Å². The molecule has 0 radical (unpaired) electrons. The number of nitrogens with zero attached hydrogens (tertiary/aromatic N) is 1. The van der Waals surface area contributed by atoms with Crippen LogP contribution in [0.3, 0.4) is 0 Å². The quantitative estimate of drug-likeness (QED) is 0.288. The Balaban J connectivity index is 1.34. The van der Waals surface area contributed by atoms with E-state index in [0.29, 0.717) is 36.4 Å². The van der Waals surface area contributed by atoms with Gasteiger partial charge in [0.15, 0.2) is 0 Å². The Bertz CT molecular complexity index is 1370. The van der Waals surface area contributed by atoms with E-state index in [0.717, 1.165) is 19.0 Å². The van der Waals surface area contributed by atoms with Crippen molar-refractivity contribution in [1.82, 2.24) is 4.98 Å². The van der Waals surface area contributed by atoms with Crippen LogP contribution in [0, 0.1) is 11.8 Å². The van der Waals surface area contributed by atoms with Gasteiger partial charge in [-0.3, -0.25) is 4.98 Å². The first-order chi connectivity index (χ1) is 19.0. The highest BCUT2D eigenvalue weighted by Crippen LogP contribution is 2.56. The zero-order valence-electron chi connectivity index (χ0n) is 22.2. The fraction of sp³-hybridized carbons (Fsp3) is 0.419. The van der Waals surface area contributed by atoms with Crippen LogP contribution in [0.2, 0.25) is 5.02 Å². The number of alkyl halides is 3. The number of hydrogen-bond donors (Lipinski definition) is 2. The summed E-state index contributed by atoms with van der Waals surface area (Å²) >= 11 is 6.15. The van der Waals surface area contributed by atoms with Crippen molar-refractivity contribution in [2.75, 3.05) is 11.9 Å². The number of fused-ring (bicyclic) bond motifs is 2. The number of benzene rings is 2. The fourth-order valence-electron chi connectivity index (χ4n) is 6.72. The second kappa shape index (κ2) is 11.0. The number of nitrogens with one attached hydrogen (secondary N) is 1. The average Bonchev–Trinajstić information content (AvgIpc) is 3.21. The Morgan fingerprint density at radius 3 is 2.60 bits per heavy atom. The Labute approximate surface area is 236 Å². The molecule has 0 saturated heterocycles. The van der Waals surface area contributed by atoms with Gasteiger partial charge in [0.1, 0.15) is 16.9 Å². The topological polar surface area (TPSA) is 71.5 Å². The highest BCUT2D eigenvalue weighted by Gasteiger charge is 2.54. The minimum atomic E-state index is -4.54. The minimum absolute atomic E-state index is 0.0128. The monoisotopic (exact) mass is 572 g/mol.